The van der Waals surface area contributed by atoms with Crippen molar-refractivity contribution in [3.05, 3.63) is 0 Å². The largest absolute Gasteiger partial charge is 0.391 e. The summed E-state index contributed by atoms with van der Waals surface area (Å²) in [6.07, 6.45) is -0.637. The van der Waals surface area contributed by atoms with Crippen molar-refractivity contribution in [2.75, 3.05) is 0 Å². The summed E-state index contributed by atoms with van der Waals surface area (Å²) >= 11 is 0. The molecule has 0 spiro atoms. The second-order valence-corrected chi connectivity index (χ2v) is 4.22. The van der Waals surface area contributed by atoms with E-state index >= 15 is 0 Å². The molecule has 0 aromatic carbocycles. The predicted molar refractivity (Wildman–Crippen MR) is 49.0 cm³/mol. The number of hydrogen-bond acceptors (Lipinski definition) is 3. The van der Waals surface area contributed by atoms with E-state index < -0.39 is 12.1 Å². The van der Waals surface area contributed by atoms with Gasteiger partial charge < -0.3 is 10.4 Å². The molecule has 0 aromatic heterocycles. The number of hydrogen-bond donors (Lipinski definition) is 2. The summed E-state index contributed by atoms with van der Waals surface area (Å²) in [6.45, 7) is 8.99. The van der Waals surface area contributed by atoms with Crippen molar-refractivity contribution in [1.82, 2.24) is 5.32 Å². The van der Waals surface area contributed by atoms with Crippen molar-refractivity contribution in [1.29, 1.82) is 0 Å². The highest BCUT2D eigenvalue weighted by molar-refractivity contribution is 5.82. The highest BCUT2D eigenvalue weighted by atomic mass is 16.3. The zero-order chi connectivity index (χ0) is 9.94. The molecule has 3 nitrogen and oxygen atoms in total. The van der Waals surface area contributed by atoms with Crippen LogP contribution in [0.1, 0.15) is 34.6 Å². The molecule has 0 aromatic rings. The Hall–Kier alpha value is -0.410. The Morgan fingerprint density at radius 3 is 1.92 bits per heavy atom. The summed E-state index contributed by atoms with van der Waals surface area (Å²) < 4.78 is 0. The molecule has 0 saturated carbocycles. The Morgan fingerprint density at radius 1 is 1.42 bits per heavy atom. The van der Waals surface area contributed by atoms with Crippen LogP contribution in [0.3, 0.4) is 0 Å². The Kier molecular flexibility index (Phi) is 3.87. The van der Waals surface area contributed by atoms with Gasteiger partial charge in [-0.05, 0) is 34.6 Å². The van der Waals surface area contributed by atoms with E-state index in [2.05, 4.69) is 5.32 Å². The van der Waals surface area contributed by atoms with Gasteiger partial charge in [0, 0.05) is 5.54 Å². The normalized spacial score (nSPS) is 17.2. The number of aliphatic hydroxyl groups is 1. The molecular formula is C9H19NO2. The summed E-state index contributed by atoms with van der Waals surface area (Å²) in [6, 6.07) is -0.454. The molecule has 0 aliphatic rings. The van der Waals surface area contributed by atoms with Gasteiger partial charge in [0.15, 0.2) is 0 Å². The molecule has 0 radical (unpaired) electrons. The number of rotatable bonds is 3. The van der Waals surface area contributed by atoms with Crippen LogP contribution in [0.4, 0.5) is 0 Å². The summed E-state index contributed by atoms with van der Waals surface area (Å²) in [4.78, 5) is 11.0. The van der Waals surface area contributed by atoms with E-state index in [9.17, 15) is 9.90 Å². The summed E-state index contributed by atoms with van der Waals surface area (Å²) in [5.41, 5.74) is -0.146. The highest BCUT2D eigenvalue weighted by Crippen LogP contribution is 2.04. The molecule has 0 bridgehead atoms. The number of Topliss-reactive ketones (excluding diaryl/α,β-unsaturated/α-hetero) is 1. The second-order valence-electron chi connectivity index (χ2n) is 4.22. The first-order valence-corrected chi connectivity index (χ1v) is 4.20. The second kappa shape index (κ2) is 4.01. The Balaban J connectivity index is 4.25. The van der Waals surface area contributed by atoms with Gasteiger partial charge >= 0.3 is 0 Å². The minimum absolute atomic E-state index is 0.0278. The maximum atomic E-state index is 11.0. The summed E-state index contributed by atoms with van der Waals surface area (Å²) in [7, 11) is 0. The monoisotopic (exact) mass is 173 g/mol. The molecule has 0 heterocycles. The van der Waals surface area contributed by atoms with Crippen LogP contribution in [0.5, 0.6) is 0 Å². The van der Waals surface area contributed by atoms with Gasteiger partial charge in [0.1, 0.15) is 5.78 Å². The van der Waals surface area contributed by atoms with Gasteiger partial charge in [0.2, 0.25) is 0 Å². The van der Waals surface area contributed by atoms with Crippen molar-refractivity contribution in [3.8, 4) is 0 Å². The Bertz CT molecular complexity index is 158. The third-order valence-corrected chi connectivity index (χ3v) is 1.51. The van der Waals surface area contributed by atoms with Crippen LogP contribution in [0, 0.1) is 0 Å². The number of aliphatic hydroxyl groups excluding tert-OH is 1. The van der Waals surface area contributed by atoms with E-state index in [-0.39, 0.29) is 11.3 Å². The van der Waals surface area contributed by atoms with Crippen LogP contribution in [0.2, 0.25) is 0 Å². The molecule has 72 valence electrons. The topological polar surface area (TPSA) is 49.3 Å². The molecule has 0 fully saturated rings. The first-order valence-electron chi connectivity index (χ1n) is 4.20. The van der Waals surface area contributed by atoms with Gasteiger partial charge in [-0.25, -0.2) is 0 Å². The molecule has 2 unspecified atom stereocenters. The van der Waals surface area contributed by atoms with E-state index in [0.717, 1.165) is 0 Å². The third-order valence-electron chi connectivity index (χ3n) is 1.51. The van der Waals surface area contributed by atoms with E-state index in [1.54, 1.807) is 6.92 Å². The van der Waals surface area contributed by atoms with Crippen LogP contribution >= 0.6 is 0 Å². The molecule has 3 heteroatoms. The third kappa shape index (κ3) is 4.46. The van der Waals surface area contributed by atoms with Gasteiger partial charge in [0.05, 0.1) is 12.1 Å². The minimum Gasteiger partial charge on any atom is -0.391 e. The lowest BCUT2D eigenvalue weighted by Gasteiger charge is -2.28. The van der Waals surface area contributed by atoms with Crippen LogP contribution < -0.4 is 5.32 Å². The lowest BCUT2D eigenvalue weighted by atomic mass is 10.0. The van der Waals surface area contributed by atoms with Crippen LogP contribution in [0.15, 0.2) is 0 Å². The van der Waals surface area contributed by atoms with E-state index in [0.29, 0.717) is 0 Å². The minimum atomic E-state index is -0.637. The predicted octanol–water partition coefficient (Wildman–Crippen LogP) is 0.713. The van der Waals surface area contributed by atoms with Crippen molar-refractivity contribution >= 4 is 5.78 Å². The molecule has 0 aliphatic heterocycles. The lowest BCUT2D eigenvalue weighted by molar-refractivity contribution is -0.121. The van der Waals surface area contributed by atoms with Gasteiger partial charge in [0.25, 0.3) is 0 Å². The van der Waals surface area contributed by atoms with Crippen molar-refractivity contribution in [2.45, 2.75) is 52.3 Å². The molecule has 0 aliphatic carbocycles. The number of nitrogens with one attached hydrogen (secondary N) is 1. The number of carbonyl (C=O) groups is 1. The fourth-order valence-electron chi connectivity index (χ4n) is 1.03. The van der Waals surface area contributed by atoms with E-state index in [1.165, 1.54) is 6.92 Å². The van der Waals surface area contributed by atoms with Gasteiger partial charge in [-0.3, -0.25) is 4.79 Å². The fourth-order valence-corrected chi connectivity index (χ4v) is 1.03. The average Bonchev–Trinajstić information content (AvgIpc) is 1.79. The van der Waals surface area contributed by atoms with Crippen LogP contribution in [-0.2, 0) is 4.79 Å². The Morgan fingerprint density at radius 2 is 1.83 bits per heavy atom. The lowest BCUT2D eigenvalue weighted by Crippen LogP contribution is -2.52. The van der Waals surface area contributed by atoms with E-state index in [4.69, 9.17) is 0 Å². The molecule has 0 rings (SSSR count). The zero-order valence-electron chi connectivity index (χ0n) is 8.51. The molecule has 0 amide bonds. The molecule has 2 N–H and O–H groups in total. The Labute approximate surface area is 74.2 Å². The van der Waals surface area contributed by atoms with Crippen LogP contribution in [-0.4, -0.2) is 28.6 Å². The standard InChI is InChI=1S/C9H19NO2/c1-6(11)8(7(2)12)10-9(3,4)5/h6,8,10-11H,1-5H3. The summed E-state index contributed by atoms with van der Waals surface area (Å²) in [5, 5.41) is 12.3. The highest BCUT2D eigenvalue weighted by Gasteiger charge is 2.24. The quantitative estimate of drug-likeness (QED) is 0.661. The van der Waals surface area contributed by atoms with Crippen LogP contribution in [0.25, 0.3) is 0 Å². The number of ketones is 1. The number of carbonyl (C=O) groups excluding carboxylic acids is 1. The fraction of sp³-hybridized carbons (Fsp3) is 0.889. The van der Waals surface area contributed by atoms with Gasteiger partial charge in [-0.2, -0.15) is 0 Å². The smallest absolute Gasteiger partial charge is 0.149 e. The van der Waals surface area contributed by atoms with Gasteiger partial charge in [-0.15, -0.1) is 0 Å². The zero-order valence-corrected chi connectivity index (χ0v) is 8.51. The molecule has 12 heavy (non-hydrogen) atoms. The average molecular weight is 173 g/mol. The maximum absolute atomic E-state index is 11.0. The summed E-state index contributed by atoms with van der Waals surface area (Å²) in [5.74, 6) is -0.0278. The SMILES string of the molecule is CC(=O)C(NC(C)(C)C)C(C)O. The van der Waals surface area contributed by atoms with Gasteiger partial charge in [-0.1, -0.05) is 0 Å². The first-order chi connectivity index (χ1) is 5.24. The molecule has 2 atom stereocenters. The molecular weight excluding hydrogens is 154 g/mol. The maximum Gasteiger partial charge on any atom is 0.149 e. The van der Waals surface area contributed by atoms with Crippen molar-refractivity contribution in [2.24, 2.45) is 0 Å². The van der Waals surface area contributed by atoms with Crippen molar-refractivity contribution in [3.63, 3.8) is 0 Å². The molecule has 0 saturated heterocycles. The van der Waals surface area contributed by atoms with E-state index in [1.807, 2.05) is 20.8 Å². The first kappa shape index (κ1) is 11.6. The van der Waals surface area contributed by atoms with Crippen molar-refractivity contribution < 1.29 is 9.90 Å².